The zero-order chi connectivity index (χ0) is 13.0. The molecule has 1 atom stereocenters. The quantitative estimate of drug-likeness (QED) is 0.658. The molecule has 0 amide bonds. The number of benzene rings is 1. The van der Waals surface area contributed by atoms with Crippen LogP contribution in [0.2, 0.25) is 0 Å². The maximum atomic E-state index is 12.5. The molecular formula is C10H14ClFN2O4. The molecule has 0 aliphatic heterocycles. The standard InChI is InChI=1S/C10H13FN2O4.ClH/c1-16-9-3-6(7(12)5-11)8(13(14)15)4-10(9)17-2;/h3-4,7H,5,12H2,1-2H3;1H/t7-;/m1./s1. The number of ether oxygens (including phenoxy) is 2. The SMILES string of the molecule is COc1cc([C@H](N)CF)c([N+](=O)[O-])cc1OC.Cl. The predicted molar refractivity (Wildman–Crippen MR) is 66.4 cm³/mol. The Morgan fingerprint density at radius 1 is 1.39 bits per heavy atom. The molecule has 102 valence electrons. The maximum absolute atomic E-state index is 12.5. The van der Waals surface area contributed by atoms with Crippen LogP contribution in [0.25, 0.3) is 0 Å². The monoisotopic (exact) mass is 280 g/mol. The molecule has 0 spiro atoms. The summed E-state index contributed by atoms with van der Waals surface area (Å²) in [5.74, 6) is 0.478. The molecular weight excluding hydrogens is 267 g/mol. The molecule has 0 heterocycles. The Kier molecular flexibility index (Phi) is 6.35. The lowest BCUT2D eigenvalue weighted by Crippen LogP contribution is -2.14. The van der Waals surface area contributed by atoms with Gasteiger partial charge in [0.25, 0.3) is 5.69 Å². The van der Waals surface area contributed by atoms with Gasteiger partial charge in [-0.3, -0.25) is 10.1 Å². The summed E-state index contributed by atoms with van der Waals surface area (Å²) in [5.41, 5.74) is 5.27. The lowest BCUT2D eigenvalue weighted by molar-refractivity contribution is -0.385. The molecule has 0 bridgehead atoms. The van der Waals surface area contributed by atoms with Crippen LogP contribution in [-0.2, 0) is 0 Å². The van der Waals surface area contributed by atoms with Crippen LogP contribution in [0.15, 0.2) is 12.1 Å². The largest absolute Gasteiger partial charge is 0.493 e. The number of hydrogen-bond donors (Lipinski definition) is 1. The number of nitro groups is 1. The van der Waals surface area contributed by atoms with Crippen molar-refractivity contribution in [3.8, 4) is 11.5 Å². The predicted octanol–water partition coefficient (Wildman–Crippen LogP) is 2.00. The Labute approximate surface area is 109 Å². The third-order valence-electron chi connectivity index (χ3n) is 2.30. The van der Waals surface area contributed by atoms with Crippen molar-refractivity contribution in [2.45, 2.75) is 6.04 Å². The number of hydrogen-bond acceptors (Lipinski definition) is 5. The van der Waals surface area contributed by atoms with Gasteiger partial charge in [0.15, 0.2) is 11.5 Å². The number of methoxy groups -OCH3 is 2. The van der Waals surface area contributed by atoms with Crippen molar-refractivity contribution in [2.75, 3.05) is 20.9 Å². The van der Waals surface area contributed by atoms with Crippen molar-refractivity contribution in [1.29, 1.82) is 0 Å². The highest BCUT2D eigenvalue weighted by atomic mass is 35.5. The van der Waals surface area contributed by atoms with E-state index in [0.29, 0.717) is 0 Å². The normalized spacial score (nSPS) is 11.3. The molecule has 0 aliphatic rings. The summed E-state index contributed by atoms with van der Waals surface area (Å²) in [7, 11) is 2.74. The van der Waals surface area contributed by atoms with Gasteiger partial charge in [0, 0.05) is 0 Å². The van der Waals surface area contributed by atoms with Crippen molar-refractivity contribution in [3.63, 3.8) is 0 Å². The minimum atomic E-state index is -1.06. The average Bonchev–Trinajstić information content (AvgIpc) is 2.35. The number of alkyl halides is 1. The van der Waals surface area contributed by atoms with Crippen LogP contribution in [0.4, 0.5) is 10.1 Å². The van der Waals surface area contributed by atoms with Crippen molar-refractivity contribution in [2.24, 2.45) is 5.73 Å². The summed E-state index contributed by atoms with van der Waals surface area (Å²) in [6.45, 7) is -0.893. The molecule has 0 saturated carbocycles. The number of nitrogens with zero attached hydrogens (tertiary/aromatic N) is 1. The van der Waals surface area contributed by atoms with E-state index < -0.39 is 17.6 Å². The minimum Gasteiger partial charge on any atom is -0.493 e. The summed E-state index contributed by atoms with van der Waals surface area (Å²) in [4.78, 5) is 10.2. The molecule has 0 saturated heterocycles. The molecule has 2 N–H and O–H groups in total. The topological polar surface area (TPSA) is 87.6 Å². The van der Waals surface area contributed by atoms with Gasteiger partial charge in [0.05, 0.1) is 36.8 Å². The van der Waals surface area contributed by atoms with Gasteiger partial charge < -0.3 is 15.2 Å². The van der Waals surface area contributed by atoms with Gasteiger partial charge in [0.2, 0.25) is 0 Å². The van der Waals surface area contributed by atoms with Gasteiger partial charge in [0.1, 0.15) is 6.67 Å². The van der Waals surface area contributed by atoms with Gasteiger partial charge >= 0.3 is 0 Å². The highest BCUT2D eigenvalue weighted by molar-refractivity contribution is 5.85. The second-order valence-electron chi connectivity index (χ2n) is 3.28. The average molecular weight is 281 g/mol. The molecule has 0 radical (unpaired) electrons. The van der Waals surface area contributed by atoms with Crippen LogP contribution in [0.1, 0.15) is 11.6 Å². The molecule has 1 aromatic rings. The molecule has 0 aliphatic carbocycles. The lowest BCUT2D eigenvalue weighted by Gasteiger charge is -2.13. The van der Waals surface area contributed by atoms with E-state index in [4.69, 9.17) is 15.2 Å². The van der Waals surface area contributed by atoms with Gasteiger partial charge in [-0.25, -0.2) is 4.39 Å². The molecule has 1 aromatic carbocycles. The smallest absolute Gasteiger partial charge is 0.278 e. The van der Waals surface area contributed by atoms with Crippen LogP contribution >= 0.6 is 12.4 Å². The van der Waals surface area contributed by atoms with Crippen LogP contribution in [0.5, 0.6) is 11.5 Å². The number of nitro benzene ring substituents is 1. The van der Waals surface area contributed by atoms with Crippen LogP contribution < -0.4 is 15.2 Å². The molecule has 0 unspecified atom stereocenters. The summed E-state index contributed by atoms with van der Waals surface area (Å²) in [5, 5.41) is 10.8. The second kappa shape index (κ2) is 6.97. The molecule has 1 rings (SSSR count). The van der Waals surface area contributed by atoms with E-state index in [0.717, 1.165) is 0 Å². The fourth-order valence-corrected chi connectivity index (χ4v) is 1.42. The van der Waals surface area contributed by atoms with E-state index in [1.54, 1.807) is 0 Å². The Morgan fingerprint density at radius 3 is 2.28 bits per heavy atom. The zero-order valence-electron chi connectivity index (χ0n) is 9.88. The Bertz CT molecular complexity index is 431. The highest BCUT2D eigenvalue weighted by Crippen LogP contribution is 2.36. The first kappa shape index (κ1) is 16.4. The molecule has 18 heavy (non-hydrogen) atoms. The lowest BCUT2D eigenvalue weighted by atomic mass is 10.1. The van der Waals surface area contributed by atoms with Crippen molar-refractivity contribution in [1.82, 2.24) is 0 Å². The fourth-order valence-electron chi connectivity index (χ4n) is 1.42. The number of rotatable bonds is 5. The first-order valence-corrected chi connectivity index (χ1v) is 4.77. The Hall–Kier alpha value is -1.60. The van der Waals surface area contributed by atoms with Gasteiger partial charge in [-0.15, -0.1) is 12.4 Å². The first-order chi connectivity index (χ1) is 8.04. The van der Waals surface area contributed by atoms with Gasteiger partial charge in [-0.1, -0.05) is 0 Å². The summed E-state index contributed by atoms with van der Waals surface area (Å²) in [6.07, 6.45) is 0. The zero-order valence-corrected chi connectivity index (χ0v) is 10.7. The number of nitrogens with two attached hydrogens (primary N) is 1. The molecule has 0 fully saturated rings. The van der Waals surface area contributed by atoms with Crippen LogP contribution in [0.3, 0.4) is 0 Å². The number of halogens is 2. The summed E-state index contributed by atoms with van der Waals surface area (Å²) >= 11 is 0. The van der Waals surface area contributed by atoms with Crippen LogP contribution in [-0.4, -0.2) is 25.8 Å². The van der Waals surface area contributed by atoms with E-state index in [-0.39, 0.29) is 35.2 Å². The van der Waals surface area contributed by atoms with E-state index in [2.05, 4.69) is 0 Å². The first-order valence-electron chi connectivity index (χ1n) is 4.77. The van der Waals surface area contributed by atoms with E-state index in [9.17, 15) is 14.5 Å². The minimum absolute atomic E-state index is 0. The second-order valence-corrected chi connectivity index (χ2v) is 3.28. The summed E-state index contributed by atoms with van der Waals surface area (Å²) in [6, 6.07) is 1.43. The molecule has 0 aromatic heterocycles. The summed E-state index contributed by atoms with van der Waals surface area (Å²) < 4.78 is 22.4. The van der Waals surface area contributed by atoms with Crippen LogP contribution in [0, 0.1) is 10.1 Å². The van der Waals surface area contributed by atoms with E-state index in [1.165, 1.54) is 26.4 Å². The van der Waals surface area contributed by atoms with Gasteiger partial charge in [-0.2, -0.15) is 0 Å². The van der Waals surface area contributed by atoms with E-state index >= 15 is 0 Å². The van der Waals surface area contributed by atoms with Crippen molar-refractivity contribution < 1.29 is 18.8 Å². The van der Waals surface area contributed by atoms with E-state index in [1.807, 2.05) is 0 Å². The van der Waals surface area contributed by atoms with Crippen molar-refractivity contribution >= 4 is 18.1 Å². The third-order valence-corrected chi connectivity index (χ3v) is 2.30. The molecule has 8 heteroatoms. The van der Waals surface area contributed by atoms with Gasteiger partial charge in [-0.05, 0) is 6.07 Å². The maximum Gasteiger partial charge on any atom is 0.278 e. The Balaban J connectivity index is 0.00000289. The fraction of sp³-hybridized carbons (Fsp3) is 0.400. The van der Waals surface area contributed by atoms with Crippen molar-refractivity contribution in [3.05, 3.63) is 27.8 Å². The molecule has 6 nitrogen and oxygen atoms in total. The Morgan fingerprint density at radius 2 is 1.89 bits per heavy atom. The third kappa shape index (κ3) is 3.21. The highest BCUT2D eigenvalue weighted by Gasteiger charge is 2.23.